The van der Waals surface area contributed by atoms with Gasteiger partial charge in [0.1, 0.15) is 0 Å². The Bertz CT molecular complexity index is 626. The minimum absolute atomic E-state index is 0.109. The SMILES string of the molecule is CN(C(=O)Cc1ccncc1)c1ccccc1C(=O)O. The number of aromatic nitrogens is 1. The van der Waals surface area contributed by atoms with E-state index in [-0.39, 0.29) is 17.9 Å². The first-order valence-corrected chi connectivity index (χ1v) is 6.07. The van der Waals surface area contributed by atoms with Crippen LogP contribution in [0.3, 0.4) is 0 Å². The number of carbonyl (C=O) groups excluding carboxylic acids is 1. The maximum atomic E-state index is 12.2. The Hall–Kier alpha value is -2.69. The van der Waals surface area contributed by atoms with Gasteiger partial charge < -0.3 is 10.0 Å². The van der Waals surface area contributed by atoms with Crippen molar-refractivity contribution in [2.45, 2.75) is 6.42 Å². The Balaban J connectivity index is 2.21. The Morgan fingerprint density at radius 1 is 1.15 bits per heavy atom. The van der Waals surface area contributed by atoms with Gasteiger partial charge in [-0.05, 0) is 29.8 Å². The molecule has 0 aliphatic rings. The van der Waals surface area contributed by atoms with Gasteiger partial charge in [0.15, 0.2) is 0 Å². The lowest BCUT2D eigenvalue weighted by atomic mass is 10.1. The highest BCUT2D eigenvalue weighted by molar-refractivity contribution is 6.02. The number of nitrogens with zero attached hydrogens (tertiary/aromatic N) is 2. The first kappa shape index (κ1) is 13.7. The summed E-state index contributed by atoms with van der Waals surface area (Å²) in [5, 5.41) is 9.14. The summed E-state index contributed by atoms with van der Waals surface area (Å²) in [4.78, 5) is 28.6. The van der Waals surface area contributed by atoms with Gasteiger partial charge in [-0.1, -0.05) is 12.1 Å². The number of amides is 1. The van der Waals surface area contributed by atoms with Gasteiger partial charge in [0.05, 0.1) is 17.7 Å². The van der Waals surface area contributed by atoms with Crippen LogP contribution in [0.5, 0.6) is 0 Å². The van der Waals surface area contributed by atoms with Crippen molar-refractivity contribution in [3.05, 3.63) is 59.9 Å². The lowest BCUT2D eigenvalue weighted by Gasteiger charge is -2.19. The van der Waals surface area contributed by atoms with Crippen LogP contribution in [0.1, 0.15) is 15.9 Å². The van der Waals surface area contributed by atoms with Crippen molar-refractivity contribution in [1.29, 1.82) is 0 Å². The molecule has 0 saturated heterocycles. The third kappa shape index (κ3) is 3.00. The molecule has 0 aliphatic carbocycles. The molecule has 2 rings (SSSR count). The van der Waals surface area contributed by atoms with E-state index in [1.165, 1.54) is 11.0 Å². The summed E-state index contributed by atoms with van der Waals surface area (Å²) in [6.07, 6.45) is 3.44. The first-order valence-electron chi connectivity index (χ1n) is 6.07. The molecule has 0 bridgehead atoms. The van der Waals surface area contributed by atoms with E-state index in [2.05, 4.69) is 4.98 Å². The third-order valence-corrected chi connectivity index (χ3v) is 2.97. The summed E-state index contributed by atoms with van der Waals surface area (Å²) < 4.78 is 0. The number of benzene rings is 1. The van der Waals surface area contributed by atoms with Gasteiger partial charge >= 0.3 is 5.97 Å². The van der Waals surface area contributed by atoms with E-state index in [0.29, 0.717) is 5.69 Å². The number of hydrogen-bond acceptors (Lipinski definition) is 3. The van der Waals surface area contributed by atoms with Crippen molar-refractivity contribution in [2.75, 3.05) is 11.9 Å². The summed E-state index contributed by atoms with van der Waals surface area (Å²) in [5.41, 5.74) is 1.33. The van der Waals surface area contributed by atoms with E-state index < -0.39 is 5.97 Å². The molecule has 20 heavy (non-hydrogen) atoms. The molecule has 102 valence electrons. The largest absolute Gasteiger partial charge is 0.478 e. The maximum Gasteiger partial charge on any atom is 0.337 e. The van der Waals surface area contributed by atoms with Crippen molar-refractivity contribution < 1.29 is 14.7 Å². The molecule has 0 fully saturated rings. The number of pyridine rings is 1. The van der Waals surface area contributed by atoms with Crippen LogP contribution in [0.25, 0.3) is 0 Å². The Morgan fingerprint density at radius 3 is 2.45 bits per heavy atom. The molecule has 1 amide bonds. The van der Waals surface area contributed by atoms with Crippen molar-refractivity contribution in [1.82, 2.24) is 4.98 Å². The Morgan fingerprint density at radius 2 is 1.80 bits per heavy atom. The molecule has 0 spiro atoms. The van der Waals surface area contributed by atoms with E-state index in [1.807, 2.05) is 0 Å². The highest BCUT2D eigenvalue weighted by Crippen LogP contribution is 2.20. The average Bonchev–Trinajstić information content (AvgIpc) is 2.47. The topological polar surface area (TPSA) is 70.5 Å². The van der Waals surface area contributed by atoms with Crippen molar-refractivity contribution in [3.63, 3.8) is 0 Å². The van der Waals surface area contributed by atoms with Gasteiger partial charge in [0, 0.05) is 19.4 Å². The van der Waals surface area contributed by atoms with Crippen LogP contribution in [0, 0.1) is 0 Å². The van der Waals surface area contributed by atoms with Crippen LogP contribution in [0.15, 0.2) is 48.8 Å². The Kier molecular flexibility index (Phi) is 4.10. The summed E-state index contributed by atoms with van der Waals surface area (Å²) in [6.45, 7) is 0. The number of carboxylic acids is 1. The minimum Gasteiger partial charge on any atom is -0.478 e. The smallest absolute Gasteiger partial charge is 0.337 e. The molecule has 1 aromatic carbocycles. The standard InChI is InChI=1S/C15H14N2O3/c1-17(13-5-3-2-4-12(13)15(19)20)14(18)10-11-6-8-16-9-7-11/h2-9H,10H2,1H3,(H,19,20). The van der Waals surface area contributed by atoms with E-state index in [1.54, 1.807) is 49.8 Å². The highest BCUT2D eigenvalue weighted by Gasteiger charge is 2.17. The second-order valence-corrected chi connectivity index (χ2v) is 4.31. The second kappa shape index (κ2) is 5.97. The van der Waals surface area contributed by atoms with E-state index in [0.717, 1.165) is 5.56 Å². The van der Waals surface area contributed by atoms with Crippen LogP contribution < -0.4 is 4.90 Å². The maximum absolute atomic E-state index is 12.2. The average molecular weight is 270 g/mol. The molecule has 0 unspecified atom stereocenters. The predicted molar refractivity (Wildman–Crippen MR) is 74.8 cm³/mol. The first-order chi connectivity index (χ1) is 9.59. The van der Waals surface area contributed by atoms with Gasteiger partial charge in [-0.15, -0.1) is 0 Å². The summed E-state index contributed by atoms with van der Waals surface area (Å²) in [7, 11) is 1.57. The number of carbonyl (C=O) groups is 2. The molecule has 0 saturated carbocycles. The molecule has 1 N–H and O–H groups in total. The molecule has 5 nitrogen and oxygen atoms in total. The highest BCUT2D eigenvalue weighted by atomic mass is 16.4. The van der Waals surface area contributed by atoms with Crippen LogP contribution in [0.2, 0.25) is 0 Å². The lowest BCUT2D eigenvalue weighted by molar-refractivity contribution is -0.117. The van der Waals surface area contributed by atoms with E-state index in [4.69, 9.17) is 5.11 Å². The Labute approximate surface area is 116 Å². The van der Waals surface area contributed by atoms with Crippen molar-refractivity contribution >= 4 is 17.6 Å². The summed E-state index contributed by atoms with van der Waals surface area (Å²) in [5.74, 6) is -1.23. The third-order valence-electron chi connectivity index (χ3n) is 2.97. The van der Waals surface area contributed by atoms with Crippen molar-refractivity contribution in [2.24, 2.45) is 0 Å². The molecular formula is C15H14N2O3. The van der Waals surface area contributed by atoms with Crippen LogP contribution in [-0.2, 0) is 11.2 Å². The second-order valence-electron chi connectivity index (χ2n) is 4.31. The molecule has 0 aliphatic heterocycles. The van der Waals surface area contributed by atoms with Gasteiger partial charge in [-0.2, -0.15) is 0 Å². The number of para-hydroxylation sites is 1. The fraction of sp³-hybridized carbons (Fsp3) is 0.133. The summed E-state index contributed by atoms with van der Waals surface area (Å²) >= 11 is 0. The van der Waals surface area contributed by atoms with Gasteiger partial charge in [0.25, 0.3) is 0 Å². The lowest BCUT2D eigenvalue weighted by Crippen LogP contribution is -2.29. The summed E-state index contributed by atoms with van der Waals surface area (Å²) in [6, 6.07) is 9.96. The van der Waals surface area contributed by atoms with Gasteiger partial charge in [-0.25, -0.2) is 4.79 Å². The molecular weight excluding hydrogens is 256 g/mol. The zero-order chi connectivity index (χ0) is 14.5. The zero-order valence-corrected chi connectivity index (χ0v) is 11.0. The number of rotatable bonds is 4. The number of aromatic carboxylic acids is 1. The van der Waals surface area contributed by atoms with Crippen LogP contribution >= 0.6 is 0 Å². The minimum atomic E-state index is -1.05. The number of hydrogen-bond donors (Lipinski definition) is 1. The molecule has 0 atom stereocenters. The van der Waals surface area contributed by atoms with Crippen LogP contribution in [0.4, 0.5) is 5.69 Å². The van der Waals surface area contributed by atoms with E-state index in [9.17, 15) is 9.59 Å². The molecule has 1 aromatic heterocycles. The van der Waals surface area contributed by atoms with Crippen molar-refractivity contribution in [3.8, 4) is 0 Å². The molecule has 1 heterocycles. The molecule has 0 radical (unpaired) electrons. The number of likely N-dealkylation sites (N-methyl/N-ethyl adjacent to an activating group) is 1. The quantitative estimate of drug-likeness (QED) is 0.922. The number of anilines is 1. The predicted octanol–water partition coefficient (Wildman–Crippen LogP) is 1.99. The molecule has 2 aromatic rings. The molecule has 5 heteroatoms. The normalized spacial score (nSPS) is 10.1. The number of carboxylic acid groups (broad SMARTS) is 1. The van der Waals surface area contributed by atoms with Gasteiger partial charge in [-0.3, -0.25) is 9.78 Å². The fourth-order valence-electron chi connectivity index (χ4n) is 1.88. The van der Waals surface area contributed by atoms with E-state index >= 15 is 0 Å². The van der Waals surface area contributed by atoms with Crippen LogP contribution in [-0.4, -0.2) is 29.0 Å². The van der Waals surface area contributed by atoms with Gasteiger partial charge in [0.2, 0.25) is 5.91 Å². The fourth-order valence-corrected chi connectivity index (χ4v) is 1.88. The zero-order valence-electron chi connectivity index (χ0n) is 11.0. The monoisotopic (exact) mass is 270 g/mol.